The van der Waals surface area contributed by atoms with Gasteiger partial charge < -0.3 is 15.2 Å². The molecule has 0 aromatic rings. The standard InChI is InChI=1S/C8H12N2O4/c9-2-4-14-8(12)7(5-10)1-3-13-6-11/h6-7H,1,3-5,10H2. The van der Waals surface area contributed by atoms with Gasteiger partial charge in [0.15, 0.2) is 6.61 Å². The van der Waals surface area contributed by atoms with Crippen molar-refractivity contribution in [2.75, 3.05) is 19.8 Å². The van der Waals surface area contributed by atoms with Crippen LogP contribution in [0.25, 0.3) is 0 Å². The summed E-state index contributed by atoms with van der Waals surface area (Å²) in [4.78, 5) is 20.9. The Balaban J connectivity index is 3.81. The largest absolute Gasteiger partial charge is 0.468 e. The normalized spacial score (nSPS) is 11.1. The van der Waals surface area contributed by atoms with Crippen molar-refractivity contribution in [1.29, 1.82) is 5.26 Å². The minimum atomic E-state index is -0.538. The Kier molecular flexibility index (Phi) is 7.09. The first-order valence-electron chi connectivity index (χ1n) is 4.05. The first-order chi connectivity index (χ1) is 6.76. The summed E-state index contributed by atoms with van der Waals surface area (Å²) in [6.45, 7) is 0.234. The Morgan fingerprint density at radius 3 is 2.86 bits per heavy atom. The van der Waals surface area contributed by atoms with Crippen molar-refractivity contribution in [3.8, 4) is 6.07 Å². The maximum atomic E-state index is 11.1. The highest BCUT2D eigenvalue weighted by Crippen LogP contribution is 2.03. The molecular weight excluding hydrogens is 188 g/mol. The van der Waals surface area contributed by atoms with Gasteiger partial charge in [-0.3, -0.25) is 9.59 Å². The molecule has 0 spiro atoms. The highest BCUT2D eigenvalue weighted by molar-refractivity contribution is 5.72. The second-order valence-electron chi connectivity index (χ2n) is 2.45. The number of nitrogens with zero attached hydrogens (tertiary/aromatic N) is 1. The van der Waals surface area contributed by atoms with Gasteiger partial charge in [-0.2, -0.15) is 5.26 Å². The summed E-state index contributed by atoms with van der Waals surface area (Å²) < 4.78 is 8.96. The summed E-state index contributed by atoms with van der Waals surface area (Å²) in [6, 6.07) is 1.67. The van der Waals surface area contributed by atoms with Crippen molar-refractivity contribution in [1.82, 2.24) is 0 Å². The summed E-state index contributed by atoms with van der Waals surface area (Å²) in [5.74, 6) is -1.06. The highest BCUT2D eigenvalue weighted by Gasteiger charge is 2.17. The van der Waals surface area contributed by atoms with E-state index in [0.717, 1.165) is 0 Å². The number of nitriles is 1. The van der Waals surface area contributed by atoms with Gasteiger partial charge in [-0.05, 0) is 6.42 Å². The number of ether oxygens (including phenoxy) is 2. The molecule has 0 aliphatic carbocycles. The molecule has 0 heterocycles. The van der Waals surface area contributed by atoms with Crippen LogP contribution < -0.4 is 5.73 Å². The smallest absolute Gasteiger partial charge is 0.311 e. The fourth-order valence-electron chi connectivity index (χ4n) is 0.812. The van der Waals surface area contributed by atoms with Crippen molar-refractivity contribution in [2.45, 2.75) is 6.42 Å². The zero-order valence-corrected chi connectivity index (χ0v) is 7.64. The number of esters is 1. The van der Waals surface area contributed by atoms with Crippen molar-refractivity contribution in [3.05, 3.63) is 0 Å². The molecule has 0 bridgehead atoms. The van der Waals surface area contributed by atoms with Crippen molar-refractivity contribution < 1.29 is 19.1 Å². The van der Waals surface area contributed by atoms with Gasteiger partial charge in [-0.15, -0.1) is 0 Å². The summed E-state index contributed by atoms with van der Waals surface area (Å²) >= 11 is 0. The minimum Gasteiger partial charge on any atom is -0.468 e. The van der Waals surface area contributed by atoms with Crippen molar-refractivity contribution in [3.63, 3.8) is 0 Å². The first-order valence-corrected chi connectivity index (χ1v) is 4.05. The molecule has 0 aliphatic rings. The average Bonchev–Trinajstić information content (AvgIpc) is 2.21. The fraction of sp³-hybridized carbons (Fsp3) is 0.625. The van der Waals surface area contributed by atoms with Crippen molar-refractivity contribution >= 4 is 12.4 Å². The van der Waals surface area contributed by atoms with E-state index < -0.39 is 11.9 Å². The van der Waals surface area contributed by atoms with Gasteiger partial charge in [0.2, 0.25) is 0 Å². The average molecular weight is 200 g/mol. The Morgan fingerprint density at radius 2 is 2.36 bits per heavy atom. The quantitative estimate of drug-likeness (QED) is 0.327. The molecule has 6 heteroatoms. The monoisotopic (exact) mass is 200 g/mol. The Hall–Kier alpha value is -1.61. The Morgan fingerprint density at radius 1 is 1.64 bits per heavy atom. The lowest BCUT2D eigenvalue weighted by Crippen LogP contribution is -2.27. The molecule has 6 nitrogen and oxygen atoms in total. The van der Waals surface area contributed by atoms with Gasteiger partial charge in [0.05, 0.1) is 12.5 Å². The van der Waals surface area contributed by atoms with Crippen LogP contribution in [0.4, 0.5) is 0 Å². The van der Waals surface area contributed by atoms with E-state index in [-0.39, 0.29) is 19.8 Å². The topological polar surface area (TPSA) is 102 Å². The molecule has 0 aromatic heterocycles. The summed E-state index contributed by atoms with van der Waals surface area (Å²) in [7, 11) is 0. The van der Waals surface area contributed by atoms with Crippen LogP contribution in [-0.2, 0) is 19.1 Å². The third-order valence-corrected chi connectivity index (χ3v) is 1.55. The SMILES string of the molecule is N#CCOC(=O)C(CN)CCOC=O. The van der Waals surface area contributed by atoms with E-state index in [4.69, 9.17) is 11.0 Å². The molecule has 0 saturated carbocycles. The van der Waals surface area contributed by atoms with E-state index in [9.17, 15) is 9.59 Å². The number of carbonyl (C=O) groups is 2. The molecule has 2 N–H and O–H groups in total. The van der Waals surface area contributed by atoms with E-state index >= 15 is 0 Å². The minimum absolute atomic E-state index is 0.104. The molecule has 0 amide bonds. The van der Waals surface area contributed by atoms with Gasteiger partial charge in [-0.25, -0.2) is 0 Å². The number of hydrogen-bond acceptors (Lipinski definition) is 6. The van der Waals surface area contributed by atoms with Gasteiger partial charge in [-0.1, -0.05) is 0 Å². The van der Waals surface area contributed by atoms with E-state index in [1.165, 1.54) is 0 Å². The van der Waals surface area contributed by atoms with Crippen LogP contribution >= 0.6 is 0 Å². The van der Waals surface area contributed by atoms with Crippen LogP contribution in [0.15, 0.2) is 0 Å². The summed E-state index contributed by atoms with van der Waals surface area (Å²) in [5, 5.41) is 8.15. The van der Waals surface area contributed by atoms with E-state index in [2.05, 4.69) is 9.47 Å². The Bertz CT molecular complexity index is 224. The molecule has 1 unspecified atom stereocenters. The molecular formula is C8H12N2O4. The molecule has 0 aromatic carbocycles. The predicted octanol–water partition coefficient (Wildman–Crippen LogP) is -0.809. The summed E-state index contributed by atoms with van der Waals surface area (Å²) in [5.41, 5.74) is 5.30. The van der Waals surface area contributed by atoms with E-state index in [0.29, 0.717) is 12.9 Å². The van der Waals surface area contributed by atoms with Gasteiger partial charge >= 0.3 is 5.97 Å². The van der Waals surface area contributed by atoms with E-state index in [1.807, 2.05) is 0 Å². The van der Waals surface area contributed by atoms with Crippen LogP contribution in [0.1, 0.15) is 6.42 Å². The van der Waals surface area contributed by atoms with Crippen LogP contribution in [0, 0.1) is 17.2 Å². The van der Waals surface area contributed by atoms with Gasteiger partial charge in [0, 0.05) is 6.54 Å². The molecule has 0 fully saturated rings. The van der Waals surface area contributed by atoms with Crippen LogP contribution in [0.5, 0.6) is 0 Å². The lowest BCUT2D eigenvalue weighted by molar-refractivity contribution is -0.148. The zero-order valence-electron chi connectivity index (χ0n) is 7.64. The number of hydrogen-bond donors (Lipinski definition) is 1. The van der Waals surface area contributed by atoms with Gasteiger partial charge in [0.25, 0.3) is 6.47 Å². The molecule has 14 heavy (non-hydrogen) atoms. The Labute approximate surface area is 81.6 Å². The third-order valence-electron chi connectivity index (χ3n) is 1.55. The number of carbonyl (C=O) groups excluding carboxylic acids is 2. The van der Waals surface area contributed by atoms with Gasteiger partial charge in [0.1, 0.15) is 6.07 Å². The van der Waals surface area contributed by atoms with Crippen LogP contribution in [0.2, 0.25) is 0 Å². The van der Waals surface area contributed by atoms with Crippen LogP contribution in [0.3, 0.4) is 0 Å². The van der Waals surface area contributed by atoms with Crippen molar-refractivity contribution in [2.24, 2.45) is 11.7 Å². The zero-order chi connectivity index (χ0) is 10.8. The second kappa shape index (κ2) is 8.01. The lowest BCUT2D eigenvalue weighted by Gasteiger charge is -2.11. The van der Waals surface area contributed by atoms with E-state index in [1.54, 1.807) is 6.07 Å². The summed E-state index contributed by atoms with van der Waals surface area (Å²) in [6.07, 6.45) is 0.305. The first kappa shape index (κ1) is 12.4. The highest BCUT2D eigenvalue weighted by atomic mass is 16.5. The third kappa shape index (κ3) is 5.11. The molecule has 78 valence electrons. The maximum Gasteiger partial charge on any atom is 0.311 e. The van der Waals surface area contributed by atoms with Crippen LogP contribution in [-0.4, -0.2) is 32.2 Å². The second-order valence-corrected chi connectivity index (χ2v) is 2.45. The lowest BCUT2D eigenvalue weighted by atomic mass is 10.1. The predicted molar refractivity (Wildman–Crippen MR) is 45.7 cm³/mol. The molecule has 0 radical (unpaired) electrons. The fourth-order valence-corrected chi connectivity index (χ4v) is 0.812. The molecule has 0 rings (SSSR count). The number of nitrogens with two attached hydrogens (primary N) is 1. The molecule has 1 atom stereocenters. The maximum absolute atomic E-state index is 11.1. The number of rotatable bonds is 7. The molecule has 0 saturated heterocycles. The molecule has 0 aliphatic heterocycles.